The van der Waals surface area contributed by atoms with Gasteiger partial charge in [-0.3, -0.25) is 0 Å². The van der Waals surface area contributed by atoms with Gasteiger partial charge in [-0.25, -0.2) is 21.9 Å². The Hall–Kier alpha value is -0.570. The molecule has 1 rings (SSSR count). The molecule has 0 aliphatic carbocycles. The lowest BCUT2D eigenvalue weighted by Crippen LogP contribution is -2.33. The third-order valence-electron chi connectivity index (χ3n) is 2.56. The van der Waals surface area contributed by atoms with E-state index in [1.54, 1.807) is 0 Å². The van der Waals surface area contributed by atoms with E-state index in [4.69, 9.17) is 0 Å². The summed E-state index contributed by atoms with van der Waals surface area (Å²) in [5.74, 6) is -1.96. The lowest BCUT2D eigenvalue weighted by atomic mass is 10.3. The minimum Gasteiger partial charge on any atom is -0.305 e. The van der Waals surface area contributed by atoms with E-state index in [0.29, 0.717) is 12.6 Å². The van der Waals surface area contributed by atoms with Crippen molar-refractivity contribution in [2.24, 2.45) is 0 Å². The molecule has 4 nitrogen and oxygen atoms in total. The molecule has 108 valence electrons. The lowest BCUT2D eigenvalue weighted by molar-refractivity contribution is 0.357. The number of hydrogen-bond acceptors (Lipinski definition) is 3. The van der Waals surface area contributed by atoms with Crippen molar-refractivity contribution in [1.29, 1.82) is 0 Å². The second kappa shape index (κ2) is 6.74. The molecule has 0 saturated carbocycles. The van der Waals surface area contributed by atoms with Crippen LogP contribution in [0.5, 0.6) is 0 Å². The zero-order valence-electron chi connectivity index (χ0n) is 10.6. The Kier molecular flexibility index (Phi) is 5.84. The fourth-order valence-corrected chi connectivity index (χ4v) is 3.57. The van der Waals surface area contributed by atoms with Gasteiger partial charge in [-0.05, 0) is 35.6 Å². The highest BCUT2D eigenvalue weighted by Gasteiger charge is 2.23. The summed E-state index contributed by atoms with van der Waals surface area (Å²) in [5, 5.41) is 0. The largest absolute Gasteiger partial charge is 0.305 e. The second-order valence-corrected chi connectivity index (χ2v) is 6.55. The van der Waals surface area contributed by atoms with Crippen LogP contribution in [-0.4, -0.2) is 40.0 Å². The van der Waals surface area contributed by atoms with E-state index in [-0.39, 0.29) is 11.0 Å². The summed E-state index contributed by atoms with van der Waals surface area (Å²) >= 11 is 2.86. The molecule has 0 aromatic heterocycles. The highest BCUT2D eigenvalue weighted by atomic mass is 79.9. The normalized spacial score (nSPS) is 12.1. The van der Waals surface area contributed by atoms with Gasteiger partial charge in [-0.15, -0.1) is 0 Å². The molecule has 0 aliphatic rings. The topological polar surface area (TPSA) is 49.4 Å². The minimum absolute atomic E-state index is 0.138. The standard InChI is InChI=1S/C11H15BrF2N2O2S/c1-3-16(2)5-4-15-19(17,18)11-9(12)6-8(13)7-10(11)14/h6-7,15H,3-5H2,1-2H3. The number of benzene rings is 1. The minimum atomic E-state index is -4.01. The molecule has 0 amide bonds. The molecule has 8 heteroatoms. The molecule has 1 aromatic carbocycles. The van der Waals surface area contributed by atoms with Crippen molar-refractivity contribution < 1.29 is 17.2 Å². The summed E-state index contributed by atoms with van der Waals surface area (Å²) in [5.41, 5.74) is 0. The molecule has 19 heavy (non-hydrogen) atoms. The molecule has 1 aromatic rings. The molecule has 0 atom stereocenters. The van der Waals surface area contributed by atoms with Crippen molar-refractivity contribution in [1.82, 2.24) is 9.62 Å². The Bertz CT molecular complexity index is 529. The van der Waals surface area contributed by atoms with E-state index in [0.717, 1.165) is 12.6 Å². The van der Waals surface area contributed by atoms with Gasteiger partial charge in [-0.2, -0.15) is 0 Å². The number of likely N-dealkylation sites (N-methyl/N-ethyl adjacent to an activating group) is 1. The van der Waals surface area contributed by atoms with Gasteiger partial charge in [0.2, 0.25) is 10.0 Å². The zero-order valence-corrected chi connectivity index (χ0v) is 13.0. The van der Waals surface area contributed by atoms with Gasteiger partial charge in [0.25, 0.3) is 0 Å². The number of sulfonamides is 1. The van der Waals surface area contributed by atoms with Gasteiger partial charge < -0.3 is 4.90 Å². The van der Waals surface area contributed by atoms with Crippen molar-refractivity contribution in [3.63, 3.8) is 0 Å². The summed E-state index contributed by atoms with van der Waals surface area (Å²) < 4.78 is 52.5. The summed E-state index contributed by atoms with van der Waals surface area (Å²) in [6.07, 6.45) is 0. The Morgan fingerprint density at radius 1 is 1.37 bits per heavy atom. The van der Waals surface area contributed by atoms with E-state index in [2.05, 4.69) is 20.7 Å². The van der Waals surface area contributed by atoms with Crippen LogP contribution in [0.4, 0.5) is 8.78 Å². The molecule has 0 bridgehead atoms. The van der Waals surface area contributed by atoms with E-state index in [9.17, 15) is 17.2 Å². The highest BCUT2D eigenvalue weighted by Crippen LogP contribution is 2.25. The molecule has 1 N–H and O–H groups in total. The van der Waals surface area contributed by atoms with Crippen LogP contribution < -0.4 is 4.72 Å². The Morgan fingerprint density at radius 3 is 2.53 bits per heavy atom. The van der Waals surface area contributed by atoms with Crippen molar-refractivity contribution in [3.8, 4) is 0 Å². The SMILES string of the molecule is CCN(C)CCNS(=O)(=O)c1c(F)cc(F)cc1Br. The van der Waals surface area contributed by atoms with E-state index >= 15 is 0 Å². The third-order valence-corrected chi connectivity index (χ3v) is 4.98. The van der Waals surface area contributed by atoms with Crippen LogP contribution >= 0.6 is 15.9 Å². The first kappa shape index (κ1) is 16.5. The number of halogens is 3. The molecule has 0 fully saturated rings. The molecule has 0 spiro atoms. The van der Waals surface area contributed by atoms with E-state index in [1.165, 1.54) is 0 Å². The summed E-state index contributed by atoms with van der Waals surface area (Å²) in [6.45, 7) is 3.35. The number of nitrogens with one attached hydrogen (secondary N) is 1. The summed E-state index contributed by atoms with van der Waals surface area (Å²) in [7, 11) is -2.17. The van der Waals surface area contributed by atoms with Crippen molar-refractivity contribution in [2.75, 3.05) is 26.7 Å². The zero-order chi connectivity index (χ0) is 14.6. The first-order chi connectivity index (χ1) is 8.77. The Labute approximate surface area is 120 Å². The van der Waals surface area contributed by atoms with Crippen molar-refractivity contribution in [3.05, 3.63) is 28.2 Å². The number of nitrogens with zero attached hydrogens (tertiary/aromatic N) is 1. The van der Waals surface area contributed by atoms with Crippen LogP contribution in [0.1, 0.15) is 6.92 Å². The Morgan fingerprint density at radius 2 is 2.00 bits per heavy atom. The van der Waals surface area contributed by atoms with Crippen LogP contribution in [0.3, 0.4) is 0 Å². The van der Waals surface area contributed by atoms with Gasteiger partial charge in [0, 0.05) is 23.6 Å². The predicted molar refractivity (Wildman–Crippen MR) is 72.4 cm³/mol. The molecule has 0 aliphatic heterocycles. The summed E-state index contributed by atoms with van der Waals surface area (Å²) in [4.78, 5) is 1.33. The van der Waals surface area contributed by atoms with E-state index in [1.807, 2.05) is 18.9 Å². The van der Waals surface area contributed by atoms with Crippen LogP contribution in [-0.2, 0) is 10.0 Å². The Balaban J connectivity index is 2.89. The van der Waals surface area contributed by atoms with Crippen LogP contribution in [0.2, 0.25) is 0 Å². The van der Waals surface area contributed by atoms with Crippen LogP contribution in [0.25, 0.3) is 0 Å². The maximum atomic E-state index is 13.6. The van der Waals surface area contributed by atoms with E-state index < -0.39 is 26.6 Å². The molecule has 0 saturated heterocycles. The molecule has 0 unspecified atom stereocenters. The molecule has 0 heterocycles. The smallest absolute Gasteiger partial charge is 0.244 e. The van der Waals surface area contributed by atoms with Gasteiger partial charge >= 0.3 is 0 Å². The number of hydrogen-bond donors (Lipinski definition) is 1. The first-order valence-corrected chi connectivity index (χ1v) is 7.88. The molecule has 0 radical (unpaired) electrons. The summed E-state index contributed by atoms with van der Waals surface area (Å²) in [6, 6.07) is 1.45. The van der Waals surface area contributed by atoms with Gasteiger partial charge in [0.1, 0.15) is 16.5 Å². The molecular weight excluding hydrogens is 342 g/mol. The first-order valence-electron chi connectivity index (χ1n) is 5.60. The second-order valence-electron chi connectivity index (χ2n) is 3.99. The fourth-order valence-electron chi connectivity index (χ4n) is 1.39. The van der Waals surface area contributed by atoms with Crippen molar-refractivity contribution >= 4 is 26.0 Å². The van der Waals surface area contributed by atoms with Gasteiger partial charge in [0.05, 0.1) is 0 Å². The third kappa shape index (κ3) is 4.48. The van der Waals surface area contributed by atoms with Crippen molar-refractivity contribution in [2.45, 2.75) is 11.8 Å². The van der Waals surface area contributed by atoms with Crippen LogP contribution in [0.15, 0.2) is 21.5 Å². The molecular formula is C11H15BrF2N2O2S. The van der Waals surface area contributed by atoms with Gasteiger partial charge in [0.15, 0.2) is 0 Å². The van der Waals surface area contributed by atoms with Crippen LogP contribution in [0, 0.1) is 11.6 Å². The predicted octanol–water partition coefficient (Wildman–Crippen LogP) is 1.96. The average molecular weight is 357 g/mol. The monoisotopic (exact) mass is 356 g/mol. The quantitative estimate of drug-likeness (QED) is 0.847. The maximum Gasteiger partial charge on any atom is 0.244 e. The average Bonchev–Trinajstić information content (AvgIpc) is 2.26. The fraction of sp³-hybridized carbons (Fsp3) is 0.455. The lowest BCUT2D eigenvalue weighted by Gasteiger charge is -2.15. The highest BCUT2D eigenvalue weighted by molar-refractivity contribution is 9.10. The maximum absolute atomic E-state index is 13.6. The number of rotatable bonds is 6. The van der Waals surface area contributed by atoms with Gasteiger partial charge in [-0.1, -0.05) is 6.92 Å².